The lowest BCUT2D eigenvalue weighted by molar-refractivity contribution is -0.125. The van der Waals surface area contributed by atoms with Gasteiger partial charge in [0.2, 0.25) is 22.7 Å². The second kappa shape index (κ2) is 11.7. The first-order valence-corrected chi connectivity index (χ1v) is 14.2. The van der Waals surface area contributed by atoms with Gasteiger partial charge in [0.25, 0.3) is 5.91 Å². The van der Waals surface area contributed by atoms with Crippen LogP contribution in [0.3, 0.4) is 0 Å². The van der Waals surface area contributed by atoms with Gasteiger partial charge in [0, 0.05) is 36.3 Å². The summed E-state index contributed by atoms with van der Waals surface area (Å²) in [6.45, 7) is 8.21. The molecule has 1 saturated heterocycles. The number of thiophene rings is 1. The number of nitrogens with one attached hydrogen (secondary N) is 2. The lowest BCUT2D eigenvalue weighted by Gasteiger charge is -2.46. The SMILES string of the molecule is C=CC(=O)Cl.C=CC(=O)N1CCC2(CC(n3c(NC(=O)c4ccc(-c5cc[nH]c(=O)c5)s4)nc4ccccc43)C2)C1. The molecule has 9 nitrogen and oxygen atoms in total. The number of likely N-dealkylation sites (tertiary alicyclic amines) is 1. The Hall–Kier alpha value is -4.28. The van der Waals surface area contributed by atoms with E-state index in [0.717, 1.165) is 59.9 Å². The molecule has 2 aliphatic rings. The Balaban J connectivity index is 0.000000623. The van der Waals surface area contributed by atoms with Gasteiger partial charge in [-0.05, 0) is 84.3 Å². The third kappa shape index (κ3) is 5.94. The third-order valence-corrected chi connectivity index (χ3v) is 8.79. The number of hydrogen-bond donors (Lipinski definition) is 2. The van der Waals surface area contributed by atoms with Crippen LogP contribution in [0, 0.1) is 5.41 Å². The summed E-state index contributed by atoms with van der Waals surface area (Å²) in [5, 5.41) is 2.53. The van der Waals surface area contributed by atoms with Gasteiger partial charge in [0.1, 0.15) is 0 Å². The summed E-state index contributed by atoms with van der Waals surface area (Å²) < 4.78 is 2.14. The number of nitrogens with zero attached hydrogens (tertiary/aromatic N) is 3. The molecular formula is C30H28ClN5O4S. The van der Waals surface area contributed by atoms with Crippen LogP contribution in [0.5, 0.6) is 0 Å². The van der Waals surface area contributed by atoms with Crippen LogP contribution in [0.2, 0.25) is 0 Å². The van der Waals surface area contributed by atoms with E-state index in [-0.39, 0.29) is 28.8 Å². The second-order valence-electron chi connectivity index (χ2n) is 10.1. The van der Waals surface area contributed by atoms with E-state index >= 15 is 0 Å². The average molecular weight is 590 g/mol. The second-order valence-corrected chi connectivity index (χ2v) is 11.6. The molecule has 4 aromatic rings. The number of halogens is 1. The molecular weight excluding hydrogens is 562 g/mol. The minimum Gasteiger partial charge on any atom is -0.339 e. The molecule has 1 saturated carbocycles. The average Bonchev–Trinajstić information content (AvgIpc) is 3.69. The fourth-order valence-electron chi connectivity index (χ4n) is 5.59. The molecule has 4 heterocycles. The Morgan fingerprint density at radius 1 is 1.12 bits per heavy atom. The van der Waals surface area contributed by atoms with E-state index in [1.165, 1.54) is 23.5 Å². The molecule has 3 aromatic heterocycles. The first kappa shape index (κ1) is 28.3. The van der Waals surface area contributed by atoms with Crippen molar-refractivity contribution >= 4 is 57.0 Å². The molecule has 1 spiro atoms. The monoisotopic (exact) mass is 589 g/mol. The quantitative estimate of drug-likeness (QED) is 0.231. The van der Waals surface area contributed by atoms with Gasteiger partial charge in [0.15, 0.2) is 0 Å². The van der Waals surface area contributed by atoms with E-state index in [0.29, 0.717) is 10.8 Å². The van der Waals surface area contributed by atoms with Crippen molar-refractivity contribution < 1.29 is 14.4 Å². The van der Waals surface area contributed by atoms with E-state index in [2.05, 4.69) is 28.0 Å². The number of rotatable bonds is 6. The number of aromatic nitrogens is 3. The van der Waals surface area contributed by atoms with E-state index in [1.54, 1.807) is 12.3 Å². The standard InChI is InChI=1S/C27H25N5O3S.C3H3ClO/c1-2-24(34)31-12-10-27(16-31)14-18(15-27)32-20-6-4-3-5-19(20)29-26(32)30-25(35)22-8-7-21(36-22)17-9-11-28-23(33)13-17;1-2-3(4)5/h2-9,11,13,18H,1,10,12,14-16H2,(H,28,33)(H,29,30,35);2H,1H2. The molecule has 6 rings (SSSR count). The van der Waals surface area contributed by atoms with Gasteiger partial charge in [0.05, 0.1) is 15.9 Å². The minimum atomic E-state index is -0.509. The summed E-state index contributed by atoms with van der Waals surface area (Å²) in [7, 11) is 0. The maximum Gasteiger partial charge on any atom is 0.268 e. The number of para-hydroxylation sites is 2. The number of amides is 2. The summed E-state index contributed by atoms with van der Waals surface area (Å²) in [6.07, 6.45) is 6.88. The molecule has 41 heavy (non-hydrogen) atoms. The van der Waals surface area contributed by atoms with Crippen LogP contribution in [0.1, 0.15) is 35.0 Å². The number of benzene rings is 1. The molecule has 11 heteroatoms. The predicted molar refractivity (Wildman–Crippen MR) is 161 cm³/mol. The Morgan fingerprint density at radius 3 is 2.59 bits per heavy atom. The highest BCUT2D eigenvalue weighted by atomic mass is 35.5. The molecule has 1 aliphatic carbocycles. The van der Waals surface area contributed by atoms with Crippen molar-refractivity contribution in [3.8, 4) is 10.4 Å². The smallest absolute Gasteiger partial charge is 0.268 e. The molecule has 0 atom stereocenters. The number of imidazole rings is 1. The largest absolute Gasteiger partial charge is 0.339 e. The lowest BCUT2D eigenvalue weighted by atomic mass is 9.65. The van der Waals surface area contributed by atoms with Crippen LogP contribution in [0.25, 0.3) is 21.5 Å². The summed E-state index contributed by atoms with van der Waals surface area (Å²) >= 11 is 6.04. The van der Waals surface area contributed by atoms with Crippen LogP contribution in [0.15, 0.2) is 84.8 Å². The van der Waals surface area contributed by atoms with Crippen molar-refractivity contribution in [2.45, 2.75) is 25.3 Å². The van der Waals surface area contributed by atoms with Gasteiger partial charge in [-0.2, -0.15) is 0 Å². The van der Waals surface area contributed by atoms with Gasteiger partial charge in [-0.25, -0.2) is 4.98 Å². The molecule has 0 radical (unpaired) electrons. The van der Waals surface area contributed by atoms with Crippen molar-refractivity contribution in [1.82, 2.24) is 19.4 Å². The Bertz CT molecular complexity index is 1710. The fraction of sp³-hybridized carbons (Fsp3) is 0.233. The van der Waals surface area contributed by atoms with Crippen molar-refractivity contribution in [2.24, 2.45) is 5.41 Å². The summed E-state index contributed by atoms with van der Waals surface area (Å²) in [5.74, 6) is 0.293. The number of fused-ring (bicyclic) bond motifs is 1. The van der Waals surface area contributed by atoms with E-state index in [1.807, 2.05) is 41.3 Å². The lowest BCUT2D eigenvalue weighted by Crippen LogP contribution is -2.42. The number of aromatic amines is 1. The zero-order valence-corrected chi connectivity index (χ0v) is 23.7. The van der Waals surface area contributed by atoms with Crippen molar-refractivity contribution in [3.63, 3.8) is 0 Å². The van der Waals surface area contributed by atoms with Gasteiger partial charge in [-0.15, -0.1) is 11.3 Å². The maximum atomic E-state index is 13.2. The van der Waals surface area contributed by atoms with E-state index in [9.17, 15) is 19.2 Å². The molecule has 1 aliphatic heterocycles. The number of anilines is 1. The number of hydrogen-bond acceptors (Lipinski definition) is 6. The first-order chi connectivity index (χ1) is 19.7. The summed E-state index contributed by atoms with van der Waals surface area (Å²) in [4.78, 5) is 57.0. The zero-order valence-electron chi connectivity index (χ0n) is 22.1. The van der Waals surface area contributed by atoms with E-state index in [4.69, 9.17) is 16.6 Å². The first-order valence-electron chi connectivity index (χ1n) is 13.0. The number of carbonyl (C=O) groups is 3. The highest BCUT2D eigenvalue weighted by Gasteiger charge is 2.50. The van der Waals surface area contributed by atoms with Crippen LogP contribution in [-0.4, -0.2) is 49.6 Å². The molecule has 1 aromatic carbocycles. The maximum absolute atomic E-state index is 13.2. The molecule has 2 N–H and O–H groups in total. The fourth-order valence-corrected chi connectivity index (χ4v) is 6.48. The zero-order chi connectivity index (χ0) is 29.1. The van der Waals surface area contributed by atoms with Crippen LogP contribution in [0.4, 0.5) is 5.95 Å². The highest BCUT2D eigenvalue weighted by Crippen LogP contribution is 2.55. The Morgan fingerprint density at radius 2 is 1.88 bits per heavy atom. The number of H-pyrrole nitrogens is 1. The molecule has 0 unspecified atom stereocenters. The summed E-state index contributed by atoms with van der Waals surface area (Å²) in [6, 6.07) is 15.0. The van der Waals surface area contributed by atoms with E-state index < -0.39 is 5.24 Å². The summed E-state index contributed by atoms with van der Waals surface area (Å²) in [5.41, 5.74) is 2.53. The highest BCUT2D eigenvalue weighted by molar-refractivity contribution is 7.17. The van der Waals surface area contributed by atoms with Crippen LogP contribution in [-0.2, 0) is 9.59 Å². The predicted octanol–water partition coefficient (Wildman–Crippen LogP) is 5.38. The van der Waals surface area contributed by atoms with Gasteiger partial charge >= 0.3 is 0 Å². The molecule has 2 fully saturated rings. The number of carbonyl (C=O) groups excluding carboxylic acids is 3. The minimum absolute atomic E-state index is 0.00761. The topological polar surface area (TPSA) is 117 Å². The molecule has 2 amide bonds. The van der Waals surface area contributed by atoms with Gasteiger partial charge in [-0.1, -0.05) is 25.3 Å². The normalized spacial score (nSPS) is 19.2. The molecule has 210 valence electrons. The number of pyridine rings is 1. The van der Waals surface area contributed by atoms with Crippen LogP contribution >= 0.6 is 22.9 Å². The van der Waals surface area contributed by atoms with Crippen LogP contribution < -0.4 is 10.9 Å². The number of allylic oxidation sites excluding steroid dienone is 1. The van der Waals surface area contributed by atoms with Crippen molar-refractivity contribution in [3.05, 3.63) is 95.3 Å². The Labute approximate surface area is 245 Å². The van der Waals surface area contributed by atoms with Gasteiger partial charge in [-0.3, -0.25) is 24.5 Å². The van der Waals surface area contributed by atoms with Crippen molar-refractivity contribution in [1.29, 1.82) is 0 Å². The Kier molecular flexibility index (Phi) is 8.05. The third-order valence-electron chi connectivity index (χ3n) is 7.50. The molecule has 0 bridgehead atoms. The van der Waals surface area contributed by atoms with Crippen molar-refractivity contribution in [2.75, 3.05) is 18.4 Å². The van der Waals surface area contributed by atoms with Gasteiger partial charge < -0.3 is 14.5 Å².